The van der Waals surface area contributed by atoms with Gasteiger partial charge in [0.15, 0.2) is 58.2 Å². The van der Waals surface area contributed by atoms with Crippen molar-refractivity contribution < 1.29 is 79.0 Å². The van der Waals surface area contributed by atoms with Crippen LogP contribution in [0.15, 0.2) is 30.3 Å². The summed E-state index contributed by atoms with van der Waals surface area (Å²) in [6, 6.07) is -0.174. The van der Waals surface area contributed by atoms with Gasteiger partial charge in [-0.3, -0.25) is 0 Å². The van der Waals surface area contributed by atoms with Gasteiger partial charge in [0.1, 0.15) is 41.0 Å². The van der Waals surface area contributed by atoms with Crippen molar-refractivity contribution in [2.45, 2.75) is 0 Å². The van der Waals surface area contributed by atoms with Crippen molar-refractivity contribution in [2.75, 3.05) is 0 Å². The van der Waals surface area contributed by atoms with Crippen molar-refractivity contribution in [1.29, 1.82) is 0 Å². The molecule has 19 heteroatoms. The molecule has 0 N–H and O–H groups in total. The molecule has 4 rings (SSSR count). The number of hydrogen-bond acceptors (Lipinski definition) is 0. The van der Waals surface area contributed by atoms with Gasteiger partial charge in [-0.05, 0) is 0 Å². The summed E-state index contributed by atoms with van der Waals surface area (Å²) >= 11 is 0. The summed E-state index contributed by atoms with van der Waals surface area (Å²) in [7, 11) is 0. The van der Waals surface area contributed by atoms with E-state index in [4.69, 9.17) is 0 Å². The fraction of sp³-hybridized carbons (Fsp3) is 0. The van der Waals surface area contributed by atoms with Gasteiger partial charge in [-0.2, -0.15) is 14.2 Å². The quantitative estimate of drug-likeness (QED) is 0.0964. The van der Waals surface area contributed by atoms with Crippen molar-refractivity contribution in [3.63, 3.8) is 0 Å². The normalized spacial score (nSPS) is 11.8. The maximum Gasteiger partial charge on any atom is 0.306 e. The number of halogens is 18. The molecule has 238 valence electrons. The predicted molar refractivity (Wildman–Crippen MR) is 120 cm³/mol. The van der Waals surface area contributed by atoms with Gasteiger partial charge >= 0.3 is 6.08 Å². The second-order valence-corrected chi connectivity index (χ2v) is 9.01. The summed E-state index contributed by atoms with van der Waals surface area (Å²) in [5.41, 5.74) is -11.9. The topological polar surface area (TPSA) is 0 Å². The van der Waals surface area contributed by atoms with Crippen LogP contribution in [-0.2, 0) is 0 Å². The molecule has 4 aromatic rings. The lowest BCUT2D eigenvalue weighted by atomic mass is 9.12. The molecule has 0 radical (unpaired) electrons. The maximum absolute atomic E-state index is 15.5. The molecule has 0 fully saturated rings. The molecule has 0 unspecified atom stereocenters. The van der Waals surface area contributed by atoms with Crippen molar-refractivity contribution in [3.05, 3.63) is 123 Å². The minimum absolute atomic E-state index is 0.0183. The molecule has 0 aromatic heterocycles. The highest BCUT2D eigenvalue weighted by molar-refractivity contribution is 7.20. The molecule has 0 saturated carbocycles. The summed E-state index contributed by atoms with van der Waals surface area (Å²) in [5, 5.41) is 0. The van der Waals surface area contributed by atoms with Crippen LogP contribution in [0.25, 0.3) is 5.83 Å². The molecule has 4 aromatic carbocycles. The van der Waals surface area contributed by atoms with E-state index < -0.39 is 133 Å². The second kappa shape index (κ2) is 11.4. The SMILES string of the molecule is FC(F)=C(F)c1ccc([B-](c2c(F)c(F)c(F)c(F)c2F)(c2c(F)c(F)c(F)c(F)c2F)c2c(F)c(F)c(F)c(F)c2F)cc1. The van der Waals surface area contributed by atoms with Gasteiger partial charge in [0, 0.05) is 5.56 Å². The smallest absolute Gasteiger partial charge is 0.207 e. The van der Waals surface area contributed by atoms with Crippen LogP contribution in [0, 0.1) is 87.3 Å². The molecular weight excluding hydrogens is 665 g/mol. The number of rotatable bonds is 5. The predicted octanol–water partition coefficient (Wildman–Crippen LogP) is 6.69. The number of benzene rings is 4. The highest BCUT2D eigenvalue weighted by atomic mass is 19.3. The Hall–Kier alpha value is -4.58. The van der Waals surface area contributed by atoms with E-state index in [0.717, 1.165) is 0 Å². The molecule has 0 heterocycles. The Morgan fingerprint density at radius 2 is 0.556 bits per heavy atom. The van der Waals surface area contributed by atoms with Crippen LogP contribution in [0.4, 0.5) is 79.0 Å². The van der Waals surface area contributed by atoms with Crippen LogP contribution in [0.5, 0.6) is 0 Å². The monoisotopic (exact) mass is 669 g/mol. The molecule has 0 nitrogen and oxygen atoms in total. The first-order chi connectivity index (χ1) is 20.8. The largest absolute Gasteiger partial charge is 0.306 e. The zero-order valence-electron chi connectivity index (χ0n) is 20.7. The Balaban J connectivity index is 2.52. The number of hydrogen-bond donors (Lipinski definition) is 0. The van der Waals surface area contributed by atoms with E-state index in [1.54, 1.807) is 0 Å². The van der Waals surface area contributed by atoms with E-state index in [9.17, 15) is 52.7 Å². The molecule has 0 bridgehead atoms. The lowest BCUT2D eigenvalue weighted by molar-refractivity contribution is 0.380. The first kappa shape index (κ1) is 33.3. The van der Waals surface area contributed by atoms with Crippen LogP contribution in [0.1, 0.15) is 5.56 Å². The molecule has 0 aliphatic rings. The Morgan fingerprint density at radius 1 is 0.333 bits per heavy atom. The van der Waals surface area contributed by atoms with Gasteiger partial charge in [-0.15, -0.1) is 16.4 Å². The molecule has 0 aliphatic carbocycles. The highest BCUT2D eigenvalue weighted by Crippen LogP contribution is 2.29. The Kier molecular flexibility index (Phi) is 8.45. The average molecular weight is 669 g/mol. The van der Waals surface area contributed by atoms with E-state index in [1.165, 1.54) is 0 Å². The summed E-state index contributed by atoms with van der Waals surface area (Å²) < 4.78 is 261. The fourth-order valence-corrected chi connectivity index (χ4v) is 4.97. The van der Waals surface area contributed by atoms with Gasteiger partial charge < -0.3 is 0 Å². The molecule has 0 spiro atoms. The minimum atomic E-state index is -6.10. The summed E-state index contributed by atoms with van der Waals surface area (Å²) in [6.45, 7) is 0. The van der Waals surface area contributed by atoms with Crippen molar-refractivity contribution >= 4 is 33.8 Å². The lowest BCUT2D eigenvalue weighted by Crippen LogP contribution is -2.79. The van der Waals surface area contributed by atoms with E-state index in [0.29, 0.717) is 0 Å². The summed E-state index contributed by atoms with van der Waals surface area (Å²) in [6.07, 6.45) is -9.18. The van der Waals surface area contributed by atoms with Crippen LogP contribution < -0.4 is 21.9 Å². The molecular formula is C26H4BF18-. The van der Waals surface area contributed by atoms with Gasteiger partial charge in [0.05, 0.1) is 0 Å². The first-order valence-electron chi connectivity index (χ1n) is 11.4. The Morgan fingerprint density at radius 3 is 0.778 bits per heavy atom. The fourth-order valence-electron chi connectivity index (χ4n) is 4.97. The molecule has 0 saturated heterocycles. The Bertz CT molecular complexity index is 1670. The second-order valence-electron chi connectivity index (χ2n) is 9.01. The molecule has 0 aliphatic heterocycles. The van der Waals surface area contributed by atoms with Gasteiger partial charge in [-0.1, -0.05) is 24.3 Å². The molecule has 45 heavy (non-hydrogen) atoms. The third kappa shape index (κ3) is 4.61. The zero-order valence-corrected chi connectivity index (χ0v) is 20.7. The van der Waals surface area contributed by atoms with Crippen LogP contribution in [-0.4, -0.2) is 6.15 Å². The highest BCUT2D eigenvalue weighted by Gasteiger charge is 2.49. The van der Waals surface area contributed by atoms with Crippen molar-refractivity contribution in [3.8, 4) is 0 Å². The van der Waals surface area contributed by atoms with E-state index in [1.807, 2.05) is 0 Å². The first-order valence-corrected chi connectivity index (χ1v) is 11.4. The van der Waals surface area contributed by atoms with E-state index in [2.05, 4.69) is 0 Å². The van der Waals surface area contributed by atoms with Crippen LogP contribution in [0.3, 0.4) is 0 Å². The zero-order chi connectivity index (χ0) is 34.0. The summed E-state index contributed by atoms with van der Waals surface area (Å²) in [5.74, 6) is -50.5. The van der Waals surface area contributed by atoms with Gasteiger partial charge in [-0.25, -0.2) is 70.2 Å². The van der Waals surface area contributed by atoms with Gasteiger partial charge in [0.2, 0.25) is 0 Å². The minimum Gasteiger partial charge on any atom is -0.207 e. The molecule has 0 amide bonds. The van der Waals surface area contributed by atoms with E-state index in [-0.39, 0.29) is 24.3 Å². The maximum atomic E-state index is 15.5. The summed E-state index contributed by atoms with van der Waals surface area (Å²) in [4.78, 5) is 0. The Labute approximate surface area is 236 Å². The van der Waals surface area contributed by atoms with E-state index >= 15 is 26.3 Å². The van der Waals surface area contributed by atoms with Crippen LogP contribution >= 0.6 is 0 Å². The standard InChI is InChI=1S/C26H4BF18/c28-10(26(44)45)5-1-3-6(4-2-5)27(7-11(29)17(35)23(41)18(36)12(7)30,8-13(31)19(37)24(42)20(38)14(8)32)9-15(33)21(39)25(43)22(40)16(9)34/h1-4H/q-1. The lowest BCUT2D eigenvalue weighted by Gasteiger charge is -2.44. The third-order valence-corrected chi connectivity index (χ3v) is 6.86. The van der Waals surface area contributed by atoms with Gasteiger partial charge in [0.25, 0.3) is 0 Å². The molecule has 0 atom stereocenters. The van der Waals surface area contributed by atoms with Crippen molar-refractivity contribution in [1.82, 2.24) is 0 Å². The van der Waals surface area contributed by atoms with Crippen LogP contribution in [0.2, 0.25) is 0 Å². The third-order valence-electron chi connectivity index (χ3n) is 6.86. The average Bonchev–Trinajstić information content (AvgIpc) is 3.02. The van der Waals surface area contributed by atoms with Crippen molar-refractivity contribution in [2.24, 2.45) is 0 Å².